The number of hydrogen-bond donors (Lipinski definition) is 0. The predicted octanol–water partition coefficient (Wildman–Crippen LogP) is 5.52. The van der Waals surface area contributed by atoms with Crippen LogP contribution in [0.3, 0.4) is 0 Å². The lowest BCUT2D eigenvalue weighted by Crippen LogP contribution is -1.86. The van der Waals surface area contributed by atoms with Crippen molar-refractivity contribution in [2.24, 2.45) is 0 Å². The molecule has 2 aromatic rings. The van der Waals surface area contributed by atoms with Crippen LogP contribution in [0, 0.1) is 0 Å². The second-order valence-electron chi connectivity index (χ2n) is 3.45. The normalized spacial score (nSPS) is 10.3. The summed E-state index contributed by atoms with van der Waals surface area (Å²) in [6, 6.07) is 12.6. The molecule has 0 bridgehead atoms. The first kappa shape index (κ1) is 12.6. The van der Waals surface area contributed by atoms with Gasteiger partial charge in [-0.1, -0.05) is 35.3 Å². The number of ether oxygens (including phenoxy) is 1. The van der Waals surface area contributed by atoms with Crippen molar-refractivity contribution in [1.29, 1.82) is 0 Å². The monoisotopic (exact) mass is 286 g/mol. The molecule has 0 aliphatic heterocycles. The maximum atomic E-state index is 6.01. The summed E-state index contributed by atoms with van der Waals surface area (Å²) in [5.74, 6) is 1.78. The Balaban J connectivity index is 2.19. The molecule has 0 aliphatic rings. The van der Waals surface area contributed by atoms with E-state index in [4.69, 9.17) is 39.5 Å². The molecule has 0 saturated carbocycles. The van der Waals surface area contributed by atoms with Crippen molar-refractivity contribution in [2.75, 3.05) is 0 Å². The van der Waals surface area contributed by atoms with Crippen molar-refractivity contribution in [3.8, 4) is 11.5 Å². The summed E-state index contributed by atoms with van der Waals surface area (Å²) in [5, 5.41) is 1.07. The summed E-state index contributed by atoms with van der Waals surface area (Å²) in [4.78, 5) is 0. The molecule has 0 atom stereocenters. The second kappa shape index (κ2) is 5.63. The van der Waals surface area contributed by atoms with Crippen molar-refractivity contribution < 1.29 is 4.74 Å². The summed E-state index contributed by atoms with van der Waals surface area (Å²) in [7, 11) is 0. The molecule has 0 N–H and O–H groups in total. The van der Waals surface area contributed by atoms with Crippen LogP contribution in [0.15, 0.2) is 42.5 Å². The third kappa shape index (κ3) is 3.29. The minimum atomic E-state index is 0.485. The molecule has 0 aliphatic carbocycles. The molecule has 0 heterocycles. The van der Waals surface area contributed by atoms with E-state index in [-0.39, 0.29) is 0 Å². The average molecular weight is 288 g/mol. The van der Waals surface area contributed by atoms with Crippen molar-refractivity contribution >= 4 is 34.8 Å². The van der Waals surface area contributed by atoms with E-state index in [1.54, 1.807) is 18.2 Å². The Bertz CT molecular complexity index is 509. The summed E-state index contributed by atoms with van der Waals surface area (Å²) < 4.78 is 5.63. The van der Waals surface area contributed by atoms with E-state index in [2.05, 4.69) is 0 Å². The molecule has 1 nitrogen and oxygen atoms in total. The maximum absolute atomic E-state index is 6.01. The lowest BCUT2D eigenvalue weighted by Gasteiger charge is -2.08. The van der Waals surface area contributed by atoms with E-state index in [0.29, 0.717) is 27.4 Å². The quantitative estimate of drug-likeness (QED) is 0.675. The van der Waals surface area contributed by atoms with Gasteiger partial charge in [-0.3, -0.25) is 0 Å². The second-order valence-corrected chi connectivity index (χ2v) is 4.57. The van der Waals surface area contributed by atoms with Crippen LogP contribution in [0.2, 0.25) is 10.0 Å². The van der Waals surface area contributed by atoms with Gasteiger partial charge < -0.3 is 4.74 Å². The van der Waals surface area contributed by atoms with Crippen LogP contribution in [-0.4, -0.2) is 0 Å². The smallest absolute Gasteiger partial charge is 0.146 e. The lowest BCUT2D eigenvalue weighted by atomic mass is 10.2. The molecule has 4 heteroatoms. The fourth-order valence-corrected chi connectivity index (χ4v) is 1.96. The van der Waals surface area contributed by atoms with E-state index in [1.165, 1.54) is 0 Å². The number of hydrogen-bond acceptors (Lipinski definition) is 1. The van der Waals surface area contributed by atoms with Gasteiger partial charge in [0.25, 0.3) is 0 Å². The molecule has 0 unspecified atom stereocenters. The van der Waals surface area contributed by atoms with E-state index < -0.39 is 0 Å². The van der Waals surface area contributed by atoms with Crippen LogP contribution in [0.1, 0.15) is 5.56 Å². The molecule has 17 heavy (non-hydrogen) atoms. The average Bonchev–Trinajstić information content (AvgIpc) is 2.34. The Hall–Kier alpha value is -0.890. The van der Waals surface area contributed by atoms with Gasteiger partial charge in [0, 0.05) is 10.9 Å². The molecule has 0 amide bonds. The van der Waals surface area contributed by atoms with Crippen molar-refractivity contribution in [3.05, 3.63) is 58.1 Å². The topological polar surface area (TPSA) is 9.23 Å². The van der Waals surface area contributed by atoms with Gasteiger partial charge in [-0.05, 0) is 35.9 Å². The van der Waals surface area contributed by atoms with Gasteiger partial charge in [-0.15, -0.1) is 11.6 Å². The number of alkyl halides is 1. The SMILES string of the molecule is ClCc1ccc(Oc2ccc(Cl)cc2Cl)cc1. The first-order chi connectivity index (χ1) is 8.19. The zero-order valence-electron chi connectivity index (χ0n) is 8.79. The number of halogens is 3. The van der Waals surface area contributed by atoms with E-state index in [0.717, 1.165) is 5.56 Å². The van der Waals surface area contributed by atoms with E-state index in [1.807, 2.05) is 24.3 Å². The highest BCUT2D eigenvalue weighted by atomic mass is 35.5. The first-order valence-corrected chi connectivity index (χ1v) is 6.26. The van der Waals surface area contributed by atoms with Gasteiger partial charge in [0.1, 0.15) is 11.5 Å². The fraction of sp³-hybridized carbons (Fsp3) is 0.0769. The molecule has 0 radical (unpaired) electrons. The molecular formula is C13H9Cl3O. The Morgan fingerprint density at radius 3 is 2.24 bits per heavy atom. The van der Waals surface area contributed by atoms with Crippen molar-refractivity contribution in [2.45, 2.75) is 5.88 Å². The largest absolute Gasteiger partial charge is 0.456 e. The standard InChI is InChI=1S/C13H9Cl3O/c14-8-9-1-4-11(5-2-9)17-13-6-3-10(15)7-12(13)16/h1-7H,8H2. The molecular weight excluding hydrogens is 279 g/mol. The summed E-state index contributed by atoms with van der Waals surface area (Å²) in [6.07, 6.45) is 0. The van der Waals surface area contributed by atoms with Gasteiger partial charge in [0.2, 0.25) is 0 Å². The Kier molecular flexibility index (Phi) is 4.16. The molecule has 2 rings (SSSR count). The van der Waals surface area contributed by atoms with Gasteiger partial charge in [0.05, 0.1) is 5.02 Å². The van der Waals surface area contributed by atoms with Crippen molar-refractivity contribution in [3.63, 3.8) is 0 Å². The number of rotatable bonds is 3. The summed E-state index contributed by atoms with van der Waals surface area (Å²) in [5.41, 5.74) is 1.04. The zero-order chi connectivity index (χ0) is 12.3. The minimum Gasteiger partial charge on any atom is -0.456 e. The first-order valence-electron chi connectivity index (χ1n) is 4.97. The van der Waals surface area contributed by atoms with Crippen LogP contribution in [0.4, 0.5) is 0 Å². The summed E-state index contributed by atoms with van der Waals surface area (Å²) >= 11 is 17.5. The Morgan fingerprint density at radius 1 is 0.941 bits per heavy atom. The van der Waals surface area contributed by atoms with Gasteiger partial charge in [0.15, 0.2) is 0 Å². The summed E-state index contributed by atoms with van der Waals surface area (Å²) in [6.45, 7) is 0. The molecule has 2 aromatic carbocycles. The third-order valence-electron chi connectivity index (χ3n) is 2.20. The third-order valence-corrected chi connectivity index (χ3v) is 3.04. The van der Waals surface area contributed by atoms with Gasteiger partial charge in [-0.2, -0.15) is 0 Å². The number of benzene rings is 2. The predicted molar refractivity (Wildman–Crippen MR) is 72.5 cm³/mol. The van der Waals surface area contributed by atoms with Crippen LogP contribution in [0.25, 0.3) is 0 Å². The highest BCUT2D eigenvalue weighted by Crippen LogP contribution is 2.31. The van der Waals surface area contributed by atoms with Crippen LogP contribution in [0.5, 0.6) is 11.5 Å². The zero-order valence-corrected chi connectivity index (χ0v) is 11.1. The molecule has 0 spiro atoms. The Labute approximate surface area is 115 Å². The lowest BCUT2D eigenvalue weighted by molar-refractivity contribution is 0.483. The van der Waals surface area contributed by atoms with Gasteiger partial charge in [-0.25, -0.2) is 0 Å². The van der Waals surface area contributed by atoms with E-state index >= 15 is 0 Å². The molecule has 0 aromatic heterocycles. The van der Waals surface area contributed by atoms with Crippen molar-refractivity contribution in [1.82, 2.24) is 0 Å². The van der Waals surface area contributed by atoms with E-state index in [9.17, 15) is 0 Å². The highest BCUT2D eigenvalue weighted by Gasteiger charge is 2.03. The molecule has 88 valence electrons. The fourth-order valence-electron chi connectivity index (χ4n) is 1.33. The van der Waals surface area contributed by atoms with Gasteiger partial charge >= 0.3 is 0 Å². The van der Waals surface area contributed by atoms with Crippen LogP contribution in [-0.2, 0) is 5.88 Å². The highest BCUT2D eigenvalue weighted by molar-refractivity contribution is 6.35. The molecule has 0 saturated heterocycles. The minimum absolute atomic E-state index is 0.485. The Morgan fingerprint density at radius 2 is 1.65 bits per heavy atom. The molecule has 0 fully saturated rings. The maximum Gasteiger partial charge on any atom is 0.146 e. The van der Waals surface area contributed by atoms with Crippen LogP contribution < -0.4 is 4.74 Å². The van der Waals surface area contributed by atoms with Crippen LogP contribution >= 0.6 is 34.8 Å².